The molecule has 0 spiro atoms. The number of aryl methyl sites for hydroxylation is 2. The molecule has 1 amide bonds. The number of carbonyl (C=O) groups excluding carboxylic acids is 1. The lowest BCUT2D eigenvalue weighted by atomic mass is 10.1. The number of ether oxygens (including phenoxy) is 1. The summed E-state index contributed by atoms with van der Waals surface area (Å²) in [7, 11) is 0. The molecule has 8 heteroatoms. The Bertz CT molecular complexity index is 1210. The molecule has 1 atom stereocenters. The minimum Gasteiger partial charge on any atom is -0.376 e. The van der Waals surface area contributed by atoms with Crippen LogP contribution in [0.1, 0.15) is 40.8 Å². The van der Waals surface area contributed by atoms with Crippen molar-refractivity contribution >= 4 is 23.5 Å². The Labute approximate surface area is 198 Å². The molecule has 33 heavy (non-hydrogen) atoms. The fraction of sp³-hybridized carbons (Fsp3) is 0.400. The van der Waals surface area contributed by atoms with Gasteiger partial charge in [0.25, 0.3) is 0 Å². The van der Waals surface area contributed by atoms with E-state index in [4.69, 9.17) is 4.74 Å². The number of benzene rings is 1. The maximum atomic E-state index is 12.9. The van der Waals surface area contributed by atoms with Crippen LogP contribution in [0.3, 0.4) is 0 Å². The largest absolute Gasteiger partial charge is 0.376 e. The van der Waals surface area contributed by atoms with Crippen LogP contribution < -0.4 is 5.32 Å². The van der Waals surface area contributed by atoms with Gasteiger partial charge in [-0.15, -0.1) is 0 Å². The molecule has 1 aliphatic rings. The lowest BCUT2D eigenvalue weighted by molar-refractivity contribution is -0.113. The van der Waals surface area contributed by atoms with E-state index < -0.39 is 0 Å². The van der Waals surface area contributed by atoms with E-state index in [9.17, 15) is 10.1 Å². The Morgan fingerprint density at radius 2 is 2.15 bits per heavy atom. The lowest BCUT2D eigenvalue weighted by Crippen LogP contribution is -2.22. The predicted octanol–water partition coefficient (Wildman–Crippen LogP) is 4.69. The highest BCUT2D eigenvalue weighted by Gasteiger charge is 2.24. The van der Waals surface area contributed by atoms with Crippen LogP contribution in [0.2, 0.25) is 0 Å². The van der Waals surface area contributed by atoms with Gasteiger partial charge < -0.3 is 14.6 Å². The molecule has 172 valence electrons. The van der Waals surface area contributed by atoms with Crippen LogP contribution in [-0.4, -0.2) is 38.5 Å². The zero-order valence-electron chi connectivity index (χ0n) is 19.5. The first-order valence-corrected chi connectivity index (χ1v) is 12.1. The quantitative estimate of drug-likeness (QED) is 0.514. The van der Waals surface area contributed by atoms with Crippen molar-refractivity contribution in [2.45, 2.75) is 58.3 Å². The second-order valence-corrected chi connectivity index (χ2v) is 9.44. The number of carbonyl (C=O) groups is 1. The number of hydrogen-bond acceptors (Lipinski definition) is 5. The molecule has 4 rings (SSSR count). The lowest BCUT2D eigenvalue weighted by Gasteiger charge is -2.17. The van der Waals surface area contributed by atoms with Crippen LogP contribution >= 0.6 is 11.8 Å². The molecule has 3 heterocycles. The molecule has 0 aliphatic carbocycles. The van der Waals surface area contributed by atoms with Crippen LogP contribution in [0.5, 0.6) is 0 Å². The van der Waals surface area contributed by atoms with Gasteiger partial charge in [-0.2, -0.15) is 5.26 Å². The Balaban J connectivity index is 1.51. The number of nitrogens with one attached hydrogen (secondary N) is 1. The normalized spacial score (nSPS) is 15.5. The summed E-state index contributed by atoms with van der Waals surface area (Å²) >= 11 is 1.38. The fourth-order valence-corrected chi connectivity index (χ4v) is 4.97. The van der Waals surface area contributed by atoms with Gasteiger partial charge in [-0.1, -0.05) is 23.9 Å². The molecule has 2 aromatic heterocycles. The first-order chi connectivity index (χ1) is 15.9. The summed E-state index contributed by atoms with van der Waals surface area (Å²) in [5, 5.41) is 13.5. The summed E-state index contributed by atoms with van der Waals surface area (Å²) < 4.78 is 9.82. The molecule has 1 aromatic carbocycles. The van der Waals surface area contributed by atoms with Crippen LogP contribution in [-0.2, 0) is 16.1 Å². The third-order valence-electron chi connectivity index (χ3n) is 6.17. The van der Waals surface area contributed by atoms with Crippen molar-refractivity contribution in [3.63, 3.8) is 0 Å². The topological polar surface area (TPSA) is 84.9 Å². The highest BCUT2D eigenvalue weighted by Crippen LogP contribution is 2.29. The molecule has 1 fully saturated rings. The monoisotopic (exact) mass is 463 g/mol. The van der Waals surface area contributed by atoms with E-state index in [1.807, 2.05) is 29.2 Å². The van der Waals surface area contributed by atoms with E-state index in [1.54, 1.807) is 6.20 Å². The Morgan fingerprint density at radius 1 is 1.33 bits per heavy atom. The highest BCUT2D eigenvalue weighted by molar-refractivity contribution is 7.99. The first kappa shape index (κ1) is 23.1. The smallest absolute Gasteiger partial charge is 0.235 e. The average molecular weight is 464 g/mol. The number of nitrogens with zero attached hydrogens (tertiary/aromatic N) is 4. The van der Waals surface area contributed by atoms with Gasteiger partial charge in [-0.05, 0) is 63.3 Å². The number of thioether (sulfide) groups is 1. The van der Waals surface area contributed by atoms with E-state index >= 15 is 0 Å². The van der Waals surface area contributed by atoms with Crippen molar-refractivity contribution in [3.8, 4) is 11.8 Å². The second kappa shape index (κ2) is 9.86. The number of amides is 1. The molecular formula is C25H29N5O2S. The van der Waals surface area contributed by atoms with Crippen LogP contribution in [0.4, 0.5) is 5.82 Å². The maximum Gasteiger partial charge on any atom is 0.235 e. The zero-order valence-corrected chi connectivity index (χ0v) is 20.3. The van der Waals surface area contributed by atoms with Gasteiger partial charge in [0, 0.05) is 24.7 Å². The third kappa shape index (κ3) is 4.85. The van der Waals surface area contributed by atoms with Crippen molar-refractivity contribution in [2.75, 3.05) is 17.7 Å². The maximum absolute atomic E-state index is 12.9. The molecule has 7 nitrogen and oxygen atoms in total. The van der Waals surface area contributed by atoms with E-state index in [2.05, 4.69) is 48.4 Å². The molecule has 3 aromatic rings. The van der Waals surface area contributed by atoms with Crippen LogP contribution in [0, 0.1) is 39.0 Å². The summed E-state index contributed by atoms with van der Waals surface area (Å²) in [5.41, 5.74) is 5.75. The van der Waals surface area contributed by atoms with Crippen LogP contribution in [0.15, 0.2) is 35.7 Å². The number of hydrogen-bond donors (Lipinski definition) is 1. The van der Waals surface area contributed by atoms with Gasteiger partial charge in [0.1, 0.15) is 11.9 Å². The molecule has 0 saturated carbocycles. The summed E-state index contributed by atoms with van der Waals surface area (Å²) in [6.07, 6.45) is 5.80. The summed E-state index contributed by atoms with van der Waals surface area (Å²) in [6, 6.07) is 8.55. The second-order valence-electron chi connectivity index (χ2n) is 8.50. The highest BCUT2D eigenvalue weighted by atomic mass is 32.2. The van der Waals surface area contributed by atoms with E-state index in [-0.39, 0.29) is 17.8 Å². The van der Waals surface area contributed by atoms with Gasteiger partial charge in [0.2, 0.25) is 5.91 Å². The van der Waals surface area contributed by atoms with Crippen molar-refractivity contribution in [3.05, 3.63) is 58.5 Å². The van der Waals surface area contributed by atoms with Gasteiger partial charge in [-0.25, -0.2) is 4.98 Å². The Hall–Kier alpha value is -3.02. The Morgan fingerprint density at radius 3 is 2.88 bits per heavy atom. The van der Waals surface area contributed by atoms with Crippen LogP contribution in [0.25, 0.3) is 5.69 Å². The van der Waals surface area contributed by atoms with Crippen molar-refractivity contribution in [1.29, 1.82) is 5.26 Å². The number of aromatic nitrogens is 3. The fourth-order valence-electron chi connectivity index (χ4n) is 4.21. The molecule has 0 radical (unpaired) electrons. The number of anilines is 1. The minimum atomic E-state index is -0.168. The van der Waals surface area contributed by atoms with E-state index in [0.717, 1.165) is 47.1 Å². The van der Waals surface area contributed by atoms with Gasteiger partial charge in [0.15, 0.2) is 5.16 Å². The van der Waals surface area contributed by atoms with Gasteiger partial charge >= 0.3 is 0 Å². The summed E-state index contributed by atoms with van der Waals surface area (Å²) in [4.78, 5) is 17.4. The molecular weight excluding hydrogens is 434 g/mol. The molecule has 0 unspecified atom stereocenters. The van der Waals surface area contributed by atoms with E-state index in [0.29, 0.717) is 17.9 Å². The van der Waals surface area contributed by atoms with E-state index in [1.165, 1.54) is 17.3 Å². The Kier molecular flexibility index (Phi) is 6.91. The minimum absolute atomic E-state index is 0.108. The molecule has 1 N–H and O–H groups in total. The van der Waals surface area contributed by atoms with Gasteiger partial charge in [0.05, 0.1) is 29.7 Å². The van der Waals surface area contributed by atoms with Crippen molar-refractivity contribution < 1.29 is 9.53 Å². The number of rotatable bonds is 7. The standard InChI is InChI=1S/C25H29N5O2S/c1-16-7-8-17(2)22(12-16)29-10-9-27-25(29)33-15-23(31)28-24-21(13-26)18(3)19(4)30(24)14-20-6-5-11-32-20/h7-10,12,20H,5-6,11,14-15H2,1-4H3,(H,28,31)/t20-/m1/s1. The summed E-state index contributed by atoms with van der Waals surface area (Å²) in [5.74, 6) is 0.584. The average Bonchev–Trinajstić information content (AvgIpc) is 3.52. The third-order valence-corrected chi connectivity index (χ3v) is 7.14. The zero-order chi connectivity index (χ0) is 23.5. The van der Waals surface area contributed by atoms with Crippen molar-refractivity contribution in [2.24, 2.45) is 0 Å². The van der Waals surface area contributed by atoms with Crippen molar-refractivity contribution in [1.82, 2.24) is 14.1 Å². The first-order valence-electron chi connectivity index (χ1n) is 11.1. The summed E-state index contributed by atoms with van der Waals surface area (Å²) in [6.45, 7) is 9.42. The number of nitriles is 1. The molecule has 1 saturated heterocycles. The predicted molar refractivity (Wildman–Crippen MR) is 130 cm³/mol. The molecule has 1 aliphatic heterocycles. The number of imidazole rings is 1. The van der Waals surface area contributed by atoms with Gasteiger partial charge in [-0.3, -0.25) is 9.36 Å². The SMILES string of the molecule is Cc1ccc(C)c(-n2ccnc2SCC(=O)Nc2c(C#N)c(C)c(C)n2C[C@H]2CCCO2)c1. The molecule has 0 bridgehead atoms.